The standard InChI is InChI=1S/C13H25F2N/c1-9(2)12-8-11(13(14)15)6-5-7-16(12)10(3)4/h9-13H,5-8H2,1-4H3. The highest BCUT2D eigenvalue weighted by molar-refractivity contribution is 4.84. The van der Waals surface area contributed by atoms with Crippen molar-refractivity contribution >= 4 is 0 Å². The van der Waals surface area contributed by atoms with Gasteiger partial charge in [-0.15, -0.1) is 0 Å². The molecule has 0 bridgehead atoms. The highest BCUT2D eigenvalue weighted by Crippen LogP contribution is 2.31. The van der Waals surface area contributed by atoms with Gasteiger partial charge >= 0.3 is 0 Å². The molecule has 2 unspecified atom stereocenters. The summed E-state index contributed by atoms with van der Waals surface area (Å²) in [5, 5.41) is 0. The van der Waals surface area contributed by atoms with Gasteiger partial charge in [-0.3, -0.25) is 4.90 Å². The van der Waals surface area contributed by atoms with Crippen molar-refractivity contribution in [2.24, 2.45) is 11.8 Å². The van der Waals surface area contributed by atoms with E-state index in [1.807, 2.05) is 0 Å². The molecule has 1 aliphatic rings. The van der Waals surface area contributed by atoms with Crippen molar-refractivity contribution in [2.45, 2.75) is 65.5 Å². The Balaban J connectivity index is 2.75. The molecule has 0 aromatic rings. The van der Waals surface area contributed by atoms with E-state index in [-0.39, 0.29) is 0 Å². The summed E-state index contributed by atoms with van der Waals surface area (Å²) < 4.78 is 25.7. The van der Waals surface area contributed by atoms with E-state index in [2.05, 4.69) is 32.6 Å². The Kier molecular flexibility index (Phi) is 5.16. The molecule has 0 aromatic carbocycles. The van der Waals surface area contributed by atoms with E-state index in [0.29, 0.717) is 30.8 Å². The molecular weight excluding hydrogens is 208 g/mol. The van der Waals surface area contributed by atoms with Crippen LogP contribution >= 0.6 is 0 Å². The zero-order valence-electron chi connectivity index (χ0n) is 10.9. The summed E-state index contributed by atoms with van der Waals surface area (Å²) in [4.78, 5) is 2.41. The lowest BCUT2D eigenvalue weighted by Gasteiger charge is -2.36. The lowest BCUT2D eigenvalue weighted by molar-refractivity contribution is 0.0472. The molecular formula is C13H25F2N. The predicted molar refractivity (Wildman–Crippen MR) is 63.8 cm³/mol. The summed E-state index contributed by atoms with van der Waals surface area (Å²) in [6.07, 6.45) is 0.113. The van der Waals surface area contributed by atoms with Gasteiger partial charge < -0.3 is 0 Å². The highest BCUT2D eigenvalue weighted by atomic mass is 19.3. The molecule has 0 saturated carbocycles. The average molecular weight is 233 g/mol. The molecule has 1 saturated heterocycles. The van der Waals surface area contributed by atoms with Crippen LogP contribution in [0.3, 0.4) is 0 Å². The van der Waals surface area contributed by atoms with Crippen molar-refractivity contribution in [1.29, 1.82) is 0 Å². The van der Waals surface area contributed by atoms with Gasteiger partial charge in [-0.25, -0.2) is 8.78 Å². The highest BCUT2D eigenvalue weighted by Gasteiger charge is 2.33. The summed E-state index contributed by atoms with van der Waals surface area (Å²) in [5.41, 5.74) is 0. The fourth-order valence-corrected chi connectivity index (χ4v) is 2.79. The van der Waals surface area contributed by atoms with Crippen LogP contribution in [-0.4, -0.2) is 30.0 Å². The number of hydrogen-bond donors (Lipinski definition) is 0. The van der Waals surface area contributed by atoms with Gasteiger partial charge in [-0.2, -0.15) is 0 Å². The number of likely N-dealkylation sites (tertiary alicyclic amines) is 1. The van der Waals surface area contributed by atoms with Gasteiger partial charge in [0, 0.05) is 18.0 Å². The van der Waals surface area contributed by atoms with Crippen LogP contribution in [0.25, 0.3) is 0 Å². The molecule has 0 spiro atoms. The topological polar surface area (TPSA) is 3.24 Å². The van der Waals surface area contributed by atoms with Gasteiger partial charge in [-0.05, 0) is 45.6 Å². The quantitative estimate of drug-likeness (QED) is 0.717. The fraction of sp³-hybridized carbons (Fsp3) is 1.00. The third-order valence-electron chi connectivity index (χ3n) is 3.75. The molecule has 1 nitrogen and oxygen atoms in total. The first-order valence-corrected chi connectivity index (χ1v) is 6.47. The van der Waals surface area contributed by atoms with Gasteiger partial charge in [0.25, 0.3) is 0 Å². The molecule has 0 N–H and O–H groups in total. The zero-order valence-corrected chi connectivity index (χ0v) is 10.9. The molecule has 0 aliphatic carbocycles. The van der Waals surface area contributed by atoms with Crippen LogP contribution in [0.4, 0.5) is 8.78 Å². The second-order valence-electron chi connectivity index (χ2n) is 5.62. The molecule has 1 fully saturated rings. The monoisotopic (exact) mass is 233 g/mol. The largest absolute Gasteiger partial charge is 0.298 e. The molecule has 16 heavy (non-hydrogen) atoms. The second-order valence-corrected chi connectivity index (χ2v) is 5.62. The Morgan fingerprint density at radius 1 is 1.12 bits per heavy atom. The maximum Gasteiger partial charge on any atom is 0.241 e. The number of nitrogens with zero attached hydrogens (tertiary/aromatic N) is 1. The summed E-state index contributed by atoms with van der Waals surface area (Å²) in [7, 11) is 0. The Hall–Kier alpha value is -0.180. The van der Waals surface area contributed by atoms with Gasteiger partial charge in [0.05, 0.1) is 0 Å². The molecule has 0 radical (unpaired) electrons. The third-order valence-corrected chi connectivity index (χ3v) is 3.75. The number of rotatable bonds is 3. The Labute approximate surface area is 98.2 Å². The Morgan fingerprint density at radius 2 is 1.75 bits per heavy atom. The molecule has 1 rings (SSSR count). The summed E-state index contributed by atoms with van der Waals surface area (Å²) >= 11 is 0. The van der Waals surface area contributed by atoms with Gasteiger partial charge in [0.2, 0.25) is 6.43 Å². The van der Waals surface area contributed by atoms with Crippen LogP contribution < -0.4 is 0 Å². The van der Waals surface area contributed by atoms with E-state index in [0.717, 1.165) is 13.0 Å². The normalized spacial score (nSPS) is 29.1. The van der Waals surface area contributed by atoms with Crippen LogP contribution in [0.5, 0.6) is 0 Å². The molecule has 96 valence electrons. The van der Waals surface area contributed by atoms with Crippen LogP contribution in [0.15, 0.2) is 0 Å². The van der Waals surface area contributed by atoms with Crippen molar-refractivity contribution < 1.29 is 8.78 Å². The van der Waals surface area contributed by atoms with Crippen LogP contribution in [0.2, 0.25) is 0 Å². The molecule has 0 aromatic heterocycles. The summed E-state index contributed by atoms with van der Waals surface area (Å²) in [6, 6.07) is 0.783. The first-order chi connectivity index (χ1) is 7.43. The Morgan fingerprint density at radius 3 is 2.19 bits per heavy atom. The SMILES string of the molecule is CC(C)C1CC(C(F)F)CCCN1C(C)C. The molecule has 2 atom stereocenters. The van der Waals surface area contributed by atoms with E-state index in [1.54, 1.807) is 0 Å². The number of halogens is 2. The van der Waals surface area contributed by atoms with E-state index in [9.17, 15) is 8.78 Å². The lowest BCUT2D eigenvalue weighted by Crippen LogP contribution is -2.43. The number of hydrogen-bond acceptors (Lipinski definition) is 1. The molecule has 0 amide bonds. The molecule has 3 heteroatoms. The van der Waals surface area contributed by atoms with Gasteiger partial charge in [0.15, 0.2) is 0 Å². The van der Waals surface area contributed by atoms with Crippen molar-refractivity contribution in [2.75, 3.05) is 6.54 Å². The smallest absolute Gasteiger partial charge is 0.241 e. The van der Waals surface area contributed by atoms with E-state index < -0.39 is 12.3 Å². The van der Waals surface area contributed by atoms with E-state index in [4.69, 9.17) is 0 Å². The Bertz CT molecular complexity index is 204. The third kappa shape index (κ3) is 3.41. The number of alkyl halides is 2. The first kappa shape index (κ1) is 13.9. The second kappa shape index (κ2) is 5.95. The van der Waals surface area contributed by atoms with Gasteiger partial charge in [-0.1, -0.05) is 13.8 Å². The first-order valence-electron chi connectivity index (χ1n) is 6.47. The molecule has 1 aliphatic heterocycles. The van der Waals surface area contributed by atoms with Crippen molar-refractivity contribution in [1.82, 2.24) is 4.90 Å². The van der Waals surface area contributed by atoms with Crippen LogP contribution in [-0.2, 0) is 0 Å². The average Bonchev–Trinajstić information content (AvgIpc) is 2.38. The summed E-state index contributed by atoms with van der Waals surface area (Å²) in [6.45, 7) is 9.60. The maximum atomic E-state index is 12.8. The van der Waals surface area contributed by atoms with Crippen molar-refractivity contribution in [3.05, 3.63) is 0 Å². The maximum absolute atomic E-state index is 12.8. The van der Waals surface area contributed by atoms with E-state index in [1.165, 1.54) is 0 Å². The van der Waals surface area contributed by atoms with E-state index >= 15 is 0 Å². The fourth-order valence-electron chi connectivity index (χ4n) is 2.79. The van der Waals surface area contributed by atoms with Crippen LogP contribution in [0, 0.1) is 11.8 Å². The van der Waals surface area contributed by atoms with Crippen molar-refractivity contribution in [3.8, 4) is 0 Å². The molecule has 1 heterocycles. The van der Waals surface area contributed by atoms with Crippen LogP contribution in [0.1, 0.15) is 47.0 Å². The predicted octanol–water partition coefficient (Wildman–Crippen LogP) is 3.79. The van der Waals surface area contributed by atoms with Crippen molar-refractivity contribution in [3.63, 3.8) is 0 Å². The minimum atomic E-state index is -2.15. The lowest BCUT2D eigenvalue weighted by atomic mass is 9.91. The van der Waals surface area contributed by atoms with Gasteiger partial charge in [0.1, 0.15) is 0 Å². The zero-order chi connectivity index (χ0) is 12.3. The summed E-state index contributed by atoms with van der Waals surface area (Å²) in [5.74, 6) is 0.0675. The minimum Gasteiger partial charge on any atom is -0.298 e. The minimum absolute atomic E-state index is 0.321.